The van der Waals surface area contributed by atoms with E-state index in [-0.39, 0.29) is 12.1 Å². The van der Waals surface area contributed by atoms with Crippen LogP contribution in [0.25, 0.3) is 0 Å². The average molecular weight is 333 g/mol. The molecule has 0 bridgehead atoms. The first-order valence-corrected chi connectivity index (χ1v) is 7.63. The number of hydrogen-bond donors (Lipinski definition) is 1. The number of ether oxygens (including phenoxy) is 2. The Morgan fingerprint density at radius 2 is 2.04 bits per heavy atom. The second-order valence-electron chi connectivity index (χ2n) is 5.31. The molecule has 6 heteroatoms. The van der Waals surface area contributed by atoms with Crippen molar-refractivity contribution in [2.45, 2.75) is 13.0 Å². The summed E-state index contributed by atoms with van der Waals surface area (Å²) < 4.78 is 10.9. The van der Waals surface area contributed by atoms with E-state index in [4.69, 9.17) is 21.1 Å². The highest BCUT2D eigenvalue weighted by Gasteiger charge is 2.28. The van der Waals surface area contributed by atoms with Gasteiger partial charge in [0.1, 0.15) is 17.6 Å². The molecule has 0 spiro atoms. The third-order valence-corrected chi connectivity index (χ3v) is 3.80. The van der Waals surface area contributed by atoms with Gasteiger partial charge in [-0.2, -0.15) is 0 Å². The molecule has 5 nitrogen and oxygen atoms in total. The fourth-order valence-corrected chi connectivity index (χ4v) is 2.63. The van der Waals surface area contributed by atoms with Crippen molar-refractivity contribution in [2.24, 2.45) is 0 Å². The Bertz CT molecular complexity index is 718. The first kappa shape index (κ1) is 15.5. The van der Waals surface area contributed by atoms with E-state index in [0.29, 0.717) is 28.7 Å². The van der Waals surface area contributed by atoms with Crippen molar-refractivity contribution in [2.75, 3.05) is 23.9 Å². The Hall–Kier alpha value is -2.40. The molecule has 0 fully saturated rings. The van der Waals surface area contributed by atoms with Crippen molar-refractivity contribution in [3.8, 4) is 11.5 Å². The molecule has 0 saturated carbocycles. The van der Waals surface area contributed by atoms with Crippen LogP contribution in [0.15, 0.2) is 42.5 Å². The maximum atomic E-state index is 12.6. The summed E-state index contributed by atoms with van der Waals surface area (Å²) in [7, 11) is 1.60. The molecule has 1 heterocycles. The summed E-state index contributed by atoms with van der Waals surface area (Å²) in [4.78, 5) is 14.3. The number of hydrogen-bond acceptors (Lipinski definition) is 3. The topological polar surface area (TPSA) is 50.8 Å². The van der Waals surface area contributed by atoms with Gasteiger partial charge in [0.15, 0.2) is 0 Å². The predicted octanol–water partition coefficient (Wildman–Crippen LogP) is 4.17. The molecule has 2 amide bonds. The van der Waals surface area contributed by atoms with E-state index < -0.39 is 0 Å². The van der Waals surface area contributed by atoms with E-state index in [1.807, 2.05) is 6.92 Å². The van der Waals surface area contributed by atoms with Gasteiger partial charge in [0, 0.05) is 10.7 Å². The minimum atomic E-state index is -0.228. The van der Waals surface area contributed by atoms with Crippen molar-refractivity contribution >= 4 is 29.0 Å². The number of amides is 2. The van der Waals surface area contributed by atoms with Crippen molar-refractivity contribution in [1.29, 1.82) is 0 Å². The monoisotopic (exact) mass is 332 g/mol. The summed E-state index contributed by atoms with van der Waals surface area (Å²) in [6.07, 6.45) is -0.0923. The minimum Gasteiger partial charge on any atom is -0.497 e. The standard InChI is InChI=1S/C17H17ClN2O3/c1-11-10-20(15-9-12(18)3-8-16(15)23-11)17(21)19-13-4-6-14(22-2)7-5-13/h3-9,11H,10H2,1-2H3,(H,19,21)/t11-/m1/s1. The molecule has 23 heavy (non-hydrogen) atoms. The van der Waals surface area contributed by atoms with Crippen LogP contribution < -0.4 is 19.7 Å². The SMILES string of the molecule is COc1ccc(NC(=O)N2C[C@@H](C)Oc3ccc(Cl)cc32)cc1. The van der Waals surface area contributed by atoms with Crippen molar-refractivity contribution < 1.29 is 14.3 Å². The lowest BCUT2D eigenvalue weighted by molar-refractivity contribution is 0.208. The van der Waals surface area contributed by atoms with E-state index in [1.165, 1.54) is 0 Å². The summed E-state index contributed by atoms with van der Waals surface area (Å²) in [5.74, 6) is 1.39. The number of benzene rings is 2. The molecule has 3 rings (SSSR count). The summed E-state index contributed by atoms with van der Waals surface area (Å²) >= 11 is 6.05. The zero-order valence-corrected chi connectivity index (χ0v) is 13.6. The fourth-order valence-electron chi connectivity index (χ4n) is 2.47. The number of methoxy groups -OCH3 is 1. The van der Waals surface area contributed by atoms with Gasteiger partial charge in [-0.05, 0) is 49.4 Å². The van der Waals surface area contributed by atoms with Crippen LogP contribution in [0.3, 0.4) is 0 Å². The molecule has 0 unspecified atom stereocenters. The van der Waals surface area contributed by atoms with Crippen LogP contribution >= 0.6 is 11.6 Å². The van der Waals surface area contributed by atoms with Gasteiger partial charge in [0.2, 0.25) is 0 Å². The Morgan fingerprint density at radius 1 is 1.30 bits per heavy atom. The molecule has 0 saturated heterocycles. The lowest BCUT2D eigenvalue weighted by Gasteiger charge is -2.33. The first-order chi connectivity index (χ1) is 11.1. The number of carbonyl (C=O) groups excluding carboxylic acids is 1. The Morgan fingerprint density at radius 3 is 2.74 bits per heavy atom. The number of halogens is 1. The van der Waals surface area contributed by atoms with Crippen LogP contribution in [0.1, 0.15) is 6.92 Å². The number of urea groups is 1. The first-order valence-electron chi connectivity index (χ1n) is 7.25. The molecule has 2 aromatic carbocycles. The second kappa shape index (κ2) is 6.38. The molecule has 120 valence electrons. The summed E-state index contributed by atoms with van der Waals surface area (Å²) in [6, 6.07) is 12.2. The number of nitrogens with one attached hydrogen (secondary N) is 1. The van der Waals surface area contributed by atoms with Gasteiger partial charge in [-0.1, -0.05) is 11.6 Å². The molecule has 0 aliphatic carbocycles. The van der Waals surface area contributed by atoms with Gasteiger partial charge in [-0.3, -0.25) is 4.90 Å². The Labute approximate surface area is 139 Å². The van der Waals surface area contributed by atoms with Crippen molar-refractivity contribution in [3.05, 3.63) is 47.5 Å². The van der Waals surface area contributed by atoms with Gasteiger partial charge in [-0.25, -0.2) is 4.79 Å². The maximum absolute atomic E-state index is 12.6. The molecular formula is C17H17ClN2O3. The van der Waals surface area contributed by atoms with Crippen LogP contribution in [-0.4, -0.2) is 25.8 Å². The molecule has 1 N–H and O–H groups in total. The van der Waals surface area contributed by atoms with E-state index in [9.17, 15) is 4.79 Å². The molecule has 0 radical (unpaired) electrons. The molecule has 1 atom stereocenters. The van der Waals surface area contributed by atoms with E-state index in [0.717, 1.165) is 5.75 Å². The zero-order valence-electron chi connectivity index (χ0n) is 12.9. The highest BCUT2D eigenvalue weighted by atomic mass is 35.5. The smallest absolute Gasteiger partial charge is 0.326 e. The molecular weight excluding hydrogens is 316 g/mol. The van der Waals surface area contributed by atoms with Crippen LogP contribution in [0.2, 0.25) is 5.02 Å². The summed E-state index contributed by atoms with van der Waals surface area (Å²) in [5.41, 5.74) is 1.36. The van der Waals surface area contributed by atoms with E-state index in [1.54, 1.807) is 54.5 Å². The average Bonchev–Trinajstić information content (AvgIpc) is 2.55. The van der Waals surface area contributed by atoms with Gasteiger partial charge >= 0.3 is 6.03 Å². The van der Waals surface area contributed by atoms with Gasteiger partial charge in [0.25, 0.3) is 0 Å². The molecule has 2 aromatic rings. The lowest BCUT2D eigenvalue weighted by Crippen LogP contribution is -2.44. The lowest BCUT2D eigenvalue weighted by atomic mass is 10.2. The van der Waals surface area contributed by atoms with Crippen LogP contribution in [0, 0.1) is 0 Å². The zero-order chi connectivity index (χ0) is 16.4. The van der Waals surface area contributed by atoms with Gasteiger partial charge in [-0.15, -0.1) is 0 Å². The third-order valence-electron chi connectivity index (χ3n) is 3.57. The molecule has 1 aliphatic rings. The van der Waals surface area contributed by atoms with E-state index in [2.05, 4.69) is 5.32 Å². The fraction of sp³-hybridized carbons (Fsp3) is 0.235. The molecule has 0 aromatic heterocycles. The van der Waals surface area contributed by atoms with Crippen molar-refractivity contribution in [1.82, 2.24) is 0 Å². The number of carbonyl (C=O) groups is 1. The van der Waals surface area contributed by atoms with E-state index >= 15 is 0 Å². The maximum Gasteiger partial charge on any atom is 0.326 e. The second-order valence-corrected chi connectivity index (χ2v) is 5.75. The van der Waals surface area contributed by atoms with Gasteiger partial charge in [0.05, 0.1) is 19.3 Å². The number of anilines is 2. The normalized spacial score (nSPS) is 16.3. The Kier molecular flexibility index (Phi) is 4.30. The quantitative estimate of drug-likeness (QED) is 0.898. The highest BCUT2D eigenvalue weighted by Crippen LogP contribution is 2.36. The van der Waals surface area contributed by atoms with Crippen molar-refractivity contribution in [3.63, 3.8) is 0 Å². The van der Waals surface area contributed by atoms with Crippen LogP contribution in [-0.2, 0) is 0 Å². The number of fused-ring (bicyclic) bond motifs is 1. The summed E-state index contributed by atoms with van der Waals surface area (Å²) in [5, 5.41) is 3.44. The number of rotatable bonds is 2. The predicted molar refractivity (Wildman–Crippen MR) is 90.9 cm³/mol. The van der Waals surface area contributed by atoms with Gasteiger partial charge < -0.3 is 14.8 Å². The van der Waals surface area contributed by atoms with Crippen LogP contribution in [0.4, 0.5) is 16.2 Å². The third kappa shape index (κ3) is 3.35. The highest BCUT2D eigenvalue weighted by molar-refractivity contribution is 6.31. The molecule has 1 aliphatic heterocycles. The van der Waals surface area contributed by atoms with Crippen LogP contribution in [0.5, 0.6) is 11.5 Å². The largest absolute Gasteiger partial charge is 0.497 e. The minimum absolute atomic E-state index is 0.0923. The summed E-state index contributed by atoms with van der Waals surface area (Å²) in [6.45, 7) is 2.38. The number of nitrogens with zero attached hydrogens (tertiary/aromatic N) is 1. The Balaban J connectivity index is 1.83.